The fourth-order valence-corrected chi connectivity index (χ4v) is 3.60. The molecule has 2 saturated heterocycles. The van der Waals surface area contributed by atoms with Gasteiger partial charge in [-0.15, -0.1) is 0 Å². The summed E-state index contributed by atoms with van der Waals surface area (Å²) in [6.45, 7) is 13.3. The van der Waals surface area contributed by atoms with Crippen LogP contribution in [0.4, 0.5) is 18.0 Å². The maximum atomic E-state index is 13.7. The number of rotatable bonds is 2. The first-order chi connectivity index (χ1) is 14.0. The lowest BCUT2D eigenvalue weighted by atomic mass is 9.79. The Hall–Kier alpha value is -1.75. The van der Waals surface area contributed by atoms with Crippen molar-refractivity contribution < 1.29 is 32.0 Å². The summed E-state index contributed by atoms with van der Waals surface area (Å²) in [6.07, 6.45) is -2.73. The molecule has 0 saturated carbocycles. The van der Waals surface area contributed by atoms with E-state index in [0.29, 0.717) is 25.9 Å². The number of likely N-dealkylation sites (tertiary alicyclic amines) is 1. The predicted molar refractivity (Wildman–Crippen MR) is 109 cm³/mol. The van der Waals surface area contributed by atoms with Crippen molar-refractivity contribution in [2.75, 3.05) is 13.1 Å². The van der Waals surface area contributed by atoms with Crippen molar-refractivity contribution in [3.05, 3.63) is 11.9 Å². The topological polar surface area (TPSA) is 65.8 Å². The average molecular weight is 445 g/mol. The van der Waals surface area contributed by atoms with Crippen LogP contribution in [0.1, 0.15) is 73.0 Å². The van der Waals surface area contributed by atoms with Crippen LogP contribution >= 0.6 is 0 Å². The Balaban J connectivity index is 1.78. The molecule has 1 aromatic rings. The van der Waals surface area contributed by atoms with Gasteiger partial charge in [-0.2, -0.15) is 18.3 Å². The second kappa shape index (κ2) is 7.69. The maximum Gasteiger partial charge on any atom is 0.498 e. The van der Waals surface area contributed by atoms with Gasteiger partial charge >= 0.3 is 19.4 Å². The van der Waals surface area contributed by atoms with Crippen molar-refractivity contribution in [1.82, 2.24) is 14.7 Å². The molecule has 0 spiro atoms. The zero-order valence-electron chi connectivity index (χ0n) is 19.2. The summed E-state index contributed by atoms with van der Waals surface area (Å²) in [5, 5.41) is 3.87. The zero-order chi connectivity index (χ0) is 23.4. The van der Waals surface area contributed by atoms with Crippen molar-refractivity contribution >= 4 is 18.7 Å². The van der Waals surface area contributed by atoms with E-state index in [1.807, 2.05) is 0 Å². The molecule has 0 atom stereocenters. The third-order valence-electron chi connectivity index (χ3n) is 6.03. The monoisotopic (exact) mass is 445 g/mol. The number of hydrogen-bond acceptors (Lipinski definition) is 5. The van der Waals surface area contributed by atoms with Crippen LogP contribution in [0.2, 0.25) is 0 Å². The van der Waals surface area contributed by atoms with Gasteiger partial charge in [-0.25, -0.2) is 4.79 Å². The number of ether oxygens (including phenoxy) is 1. The molecule has 31 heavy (non-hydrogen) atoms. The number of halogens is 3. The molecule has 3 rings (SSSR count). The Morgan fingerprint density at radius 2 is 1.65 bits per heavy atom. The van der Waals surface area contributed by atoms with Crippen LogP contribution in [0.3, 0.4) is 0 Å². The lowest BCUT2D eigenvalue weighted by Crippen LogP contribution is -2.42. The normalized spacial score (nSPS) is 22.1. The summed E-state index contributed by atoms with van der Waals surface area (Å²) in [6, 6.07) is -0.268. The second-order valence-electron chi connectivity index (χ2n) is 10.2. The van der Waals surface area contributed by atoms with Crippen LogP contribution in [0.15, 0.2) is 6.20 Å². The quantitative estimate of drug-likeness (QED) is 0.649. The van der Waals surface area contributed by atoms with Gasteiger partial charge in [0.1, 0.15) is 5.60 Å². The van der Waals surface area contributed by atoms with E-state index in [4.69, 9.17) is 14.0 Å². The van der Waals surface area contributed by atoms with E-state index in [-0.39, 0.29) is 11.5 Å². The van der Waals surface area contributed by atoms with Crippen molar-refractivity contribution in [3.63, 3.8) is 0 Å². The Kier molecular flexibility index (Phi) is 5.93. The molecule has 0 aromatic carbocycles. The highest BCUT2D eigenvalue weighted by molar-refractivity contribution is 6.62. The number of carbonyl (C=O) groups excluding carboxylic acids is 1. The van der Waals surface area contributed by atoms with E-state index in [1.165, 1.54) is 10.9 Å². The lowest BCUT2D eigenvalue weighted by molar-refractivity contribution is -0.140. The summed E-state index contributed by atoms with van der Waals surface area (Å²) in [5.41, 5.74) is -3.25. The van der Waals surface area contributed by atoms with Crippen LogP contribution in [-0.4, -0.2) is 57.8 Å². The molecule has 3 heterocycles. The van der Waals surface area contributed by atoms with Gasteiger partial charge in [0, 0.05) is 24.7 Å². The number of piperidine rings is 1. The molecule has 2 aliphatic heterocycles. The first-order valence-electron chi connectivity index (χ1n) is 10.5. The van der Waals surface area contributed by atoms with E-state index < -0.39 is 41.9 Å². The second-order valence-corrected chi connectivity index (χ2v) is 10.2. The third kappa shape index (κ3) is 5.03. The number of aromatic nitrogens is 2. The molecule has 0 aliphatic carbocycles. The highest BCUT2D eigenvalue weighted by atomic mass is 19.4. The van der Waals surface area contributed by atoms with Crippen LogP contribution in [0, 0.1) is 0 Å². The fourth-order valence-electron chi connectivity index (χ4n) is 3.60. The van der Waals surface area contributed by atoms with Gasteiger partial charge in [-0.3, -0.25) is 4.68 Å². The van der Waals surface area contributed by atoms with Gasteiger partial charge < -0.3 is 18.9 Å². The highest BCUT2D eigenvalue weighted by Crippen LogP contribution is 2.38. The summed E-state index contributed by atoms with van der Waals surface area (Å²) in [7, 11) is -1.16. The van der Waals surface area contributed by atoms with E-state index >= 15 is 0 Å². The predicted octanol–water partition coefficient (Wildman–Crippen LogP) is 3.77. The minimum atomic E-state index is -4.64. The molecule has 2 fully saturated rings. The molecule has 1 amide bonds. The first-order valence-corrected chi connectivity index (χ1v) is 10.5. The molecule has 174 valence electrons. The number of nitrogens with zero attached hydrogens (tertiary/aromatic N) is 3. The number of amides is 1. The smallest absolute Gasteiger partial charge is 0.444 e. The van der Waals surface area contributed by atoms with Crippen LogP contribution in [0.25, 0.3) is 0 Å². The van der Waals surface area contributed by atoms with E-state index in [1.54, 1.807) is 53.4 Å². The van der Waals surface area contributed by atoms with Crippen LogP contribution in [0.5, 0.6) is 0 Å². The molecule has 2 aliphatic rings. The number of carbonyl (C=O) groups is 1. The molecule has 7 nitrogen and oxygen atoms in total. The van der Waals surface area contributed by atoms with Crippen molar-refractivity contribution in [1.29, 1.82) is 0 Å². The Bertz CT molecular complexity index is 809. The SMILES string of the molecule is CC(C)(C)OC(=O)N1CCC(n2cc(B3OC(C)(C)C(C)(C)O3)c(C(F)(F)F)n2)CC1. The fraction of sp³-hybridized carbons (Fsp3) is 0.800. The number of hydrogen-bond donors (Lipinski definition) is 0. The summed E-state index contributed by atoms with van der Waals surface area (Å²) in [4.78, 5) is 13.8. The molecule has 0 N–H and O–H groups in total. The molecule has 11 heteroatoms. The van der Waals surface area contributed by atoms with Gasteiger partial charge in [0.15, 0.2) is 5.69 Å². The van der Waals surface area contributed by atoms with E-state index in [9.17, 15) is 18.0 Å². The van der Waals surface area contributed by atoms with Crippen LogP contribution < -0.4 is 5.46 Å². The lowest BCUT2D eigenvalue weighted by Gasteiger charge is -2.33. The molecular weight excluding hydrogens is 414 g/mol. The summed E-state index contributed by atoms with van der Waals surface area (Å²) < 4.78 is 59.6. The van der Waals surface area contributed by atoms with Gasteiger partial charge in [0.2, 0.25) is 0 Å². The van der Waals surface area contributed by atoms with Crippen LogP contribution in [-0.2, 0) is 20.2 Å². The molecule has 0 radical (unpaired) electrons. The van der Waals surface area contributed by atoms with E-state index in [2.05, 4.69) is 5.10 Å². The highest BCUT2D eigenvalue weighted by Gasteiger charge is 2.55. The maximum absolute atomic E-state index is 13.7. The summed E-state index contributed by atoms with van der Waals surface area (Å²) >= 11 is 0. The third-order valence-corrected chi connectivity index (χ3v) is 6.03. The van der Waals surface area contributed by atoms with E-state index in [0.717, 1.165) is 0 Å². The van der Waals surface area contributed by atoms with Crippen molar-refractivity contribution in [2.24, 2.45) is 0 Å². The molecule has 0 unspecified atom stereocenters. The Morgan fingerprint density at radius 3 is 2.10 bits per heavy atom. The van der Waals surface area contributed by atoms with Crippen molar-refractivity contribution in [3.8, 4) is 0 Å². The largest absolute Gasteiger partial charge is 0.498 e. The average Bonchev–Trinajstić information content (AvgIpc) is 3.13. The molecule has 0 bridgehead atoms. The number of alkyl halides is 3. The van der Waals surface area contributed by atoms with Gasteiger partial charge in [0.25, 0.3) is 0 Å². The minimum Gasteiger partial charge on any atom is -0.444 e. The van der Waals surface area contributed by atoms with Gasteiger partial charge in [-0.05, 0) is 61.3 Å². The van der Waals surface area contributed by atoms with Gasteiger partial charge in [-0.1, -0.05) is 0 Å². The van der Waals surface area contributed by atoms with Crippen molar-refractivity contribution in [2.45, 2.75) is 90.3 Å². The molecule has 1 aromatic heterocycles. The molecular formula is C20H31BF3N3O4. The minimum absolute atomic E-state index is 0.124. The Labute approximate surface area is 181 Å². The van der Waals surface area contributed by atoms with Gasteiger partial charge in [0.05, 0.1) is 17.2 Å². The Morgan fingerprint density at radius 1 is 1.13 bits per heavy atom. The standard InChI is InChI=1S/C20H31BF3N3O4/c1-17(2,3)29-16(28)26-10-8-13(9-11-26)27-12-14(15(25-27)20(22,23)24)21-30-18(4,5)19(6,7)31-21/h12-13H,8-11H2,1-7H3. The first kappa shape index (κ1) is 23.9. The summed E-state index contributed by atoms with van der Waals surface area (Å²) in [5.74, 6) is 0. The zero-order valence-corrected chi connectivity index (χ0v) is 19.2.